The van der Waals surface area contributed by atoms with Crippen LogP contribution in [-0.2, 0) is 0 Å². The second-order valence-electron chi connectivity index (χ2n) is 2.03. The molecular weight excluding hydrogens is 239 g/mol. The van der Waals surface area contributed by atoms with Gasteiger partial charge in [0.05, 0.1) is 3.57 Å². The molecule has 0 unspecified atom stereocenters. The molecule has 0 aliphatic rings. The standard InChI is InChI=1S/C7H9IN2/c1-5-3-4-6(8)7(9-2)10-5/h3-4H,1-2H3,(H,9,10). The van der Waals surface area contributed by atoms with Crippen molar-refractivity contribution in [2.24, 2.45) is 0 Å². The molecule has 1 rings (SSSR count). The first-order valence-electron chi connectivity index (χ1n) is 3.05. The Bertz CT molecular complexity index is 235. The number of nitrogens with zero attached hydrogens (tertiary/aromatic N) is 1. The molecule has 1 aromatic rings. The van der Waals surface area contributed by atoms with Crippen LogP contribution in [0.2, 0.25) is 0 Å². The molecule has 2 nitrogen and oxygen atoms in total. The minimum atomic E-state index is 0.959. The molecule has 0 bridgehead atoms. The monoisotopic (exact) mass is 248 g/mol. The summed E-state index contributed by atoms with van der Waals surface area (Å²) in [5, 5.41) is 3.02. The zero-order chi connectivity index (χ0) is 7.56. The summed E-state index contributed by atoms with van der Waals surface area (Å²) in [6, 6.07) is 4.05. The van der Waals surface area contributed by atoms with Gasteiger partial charge in [0.15, 0.2) is 0 Å². The van der Waals surface area contributed by atoms with Gasteiger partial charge in [0.25, 0.3) is 0 Å². The van der Waals surface area contributed by atoms with E-state index in [1.807, 2.05) is 20.0 Å². The number of halogens is 1. The molecule has 54 valence electrons. The number of rotatable bonds is 1. The van der Waals surface area contributed by atoms with Crippen LogP contribution in [0.3, 0.4) is 0 Å². The van der Waals surface area contributed by atoms with Crippen LogP contribution in [0.4, 0.5) is 5.82 Å². The van der Waals surface area contributed by atoms with Crippen molar-refractivity contribution < 1.29 is 0 Å². The molecule has 0 saturated heterocycles. The van der Waals surface area contributed by atoms with Gasteiger partial charge in [-0.25, -0.2) is 4.98 Å². The fourth-order valence-electron chi connectivity index (χ4n) is 0.715. The largest absolute Gasteiger partial charge is 0.372 e. The summed E-state index contributed by atoms with van der Waals surface area (Å²) in [5.74, 6) is 0.959. The van der Waals surface area contributed by atoms with Gasteiger partial charge in [-0.2, -0.15) is 0 Å². The Kier molecular flexibility index (Phi) is 2.48. The lowest BCUT2D eigenvalue weighted by atomic mass is 10.4. The van der Waals surface area contributed by atoms with Gasteiger partial charge in [0, 0.05) is 12.7 Å². The number of anilines is 1. The molecule has 1 aromatic heterocycles. The van der Waals surface area contributed by atoms with Crippen molar-refractivity contribution in [3.63, 3.8) is 0 Å². The van der Waals surface area contributed by atoms with Crippen LogP contribution >= 0.6 is 22.6 Å². The summed E-state index contributed by atoms with van der Waals surface area (Å²) in [7, 11) is 1.88. The van der Waals surface area contributed by atoms with Crippen LogP contribution < -0.4 is 5.32 Å². The molecule has 0 saturated carbocycles. The van der Waals surface area contributed by atoms with Crippen molar-refractivity contribution in [1.82, 2.24) is 4.98 Å². The molecule has 0 aliphatic carbocycles. The number of aryl methyl sites for hydroxylation is 1. The van der Waals surface area contributed by atoms with E-state index >= 15 is 0 Å². The van der Waals surface area contributed by atoms with Gasteiger partial charge in [-0.1, -0.05) is 0 Å². The average molecular weight is 248 g/mol. The maximum Gasteiger partial charge on any atom is 0.139 e. The van der Waals surface area contributed by atoms with Crippen LogP contribution in [0.5, 0.6) is 0 Å². The predicted molar refractivity (Wildman–Crippen MR) is 51.2 cm³/mol. The van der Waals surface area contributed by atoms with Gasteiger partial charge in [0.1, 0.15) is 5.82 Å². The van der Waals surface area contributed by atoms with Crippen LogP contribution in [0.25, 0.3) is 0 Å². The molecule has 1 N–H and O–H groups in total. The van der Waals surface area contributed by atoms with Gasteiger partial charge in [-0.3, -0.25) is 0 Å². The van der Waals surface area contributed by atoms with E-state index in [1.54, 1.807) is 0 Å². The van der Waals surface area contributed by atoms with Gasteiger partial charge >= 0.3 is 0 Å². The first-order chi connectivity index (χ1) is 4.74. The van der Waals surface area contributed by atoms with Crippen molar-refractivity contribution in [1.29, 1.82) is 0 Å². The van der Waals surface area contributed by atoms with Crippen LogP contribution in [0.15, 0.2) is 12.1 Å². The molecule has 0 radical (unpaired) electrons. The van der Waals surface area contributed by atoms with E-state index in [2.05, 4.69) is 39.0 Å². The Morgan fingerprint density at radius 2 is 2.20 bits per heavy atom. The number of aromatic nitrogens is 1. The molecule has 0 fully saturated rings. The quantitative estimate of drug-likeness (QED) is 0.769. The second-order valence-corrected chi connectivity index (χ2v) is 3.20. The summed E-state index contributed by atoms with van der Waals surface area (Å²) < 4.78 is 1.16. The predicted octanol–water partition coefficient (Wildman–Crippen LogP) is 2.04. The molecule has 10 heavy (non-hydrogen) atoms. The Morgan fingerprint density at radius 3 is 2.70 bits per heavy atom. The maximum absolute atomic E-state index is 4.27. The third-order valence-electron chi connectivity index (χ3n) is 1.22. The summed E-state index contributed by atoms with van der Waals surface area (Å²) in [4.78, 5) is 4.27. The number of hydrogen-bond donors (Lipinski definition) is 1. The Morgan fingerprint density at radius 1 is 1.50 bits per heavy atom. The molecule has 1 heterocycles. The van der Waals surface area contributed by atoms with Gasteiger partial charge < -0.3 is 5.32 Å². The molecule has 0 amide bonds. The van der Waals surface area contributed by atoms with E-state index in [9.17, 15) is 0 Å². The Labute approximate surface area is 74.2 Å². The highest BCUT2D eigenvalue weighted by Gasteiger charge is 1.96. The maximum atomic E-state index is 4.27. The molecule has 0 aliphatic heterocycles. The van der Waals surface area contributed by atoms with E-state index < -0.39 is 0 Å². The highest BCUT2D eigenvalue weighted by Crippen LogP contribution is 2.14. The number of nitrogens with one attached hydrogen (secondary N) is 1. The Hall–Kier alpha value is -0.320. The van der Waals surface area contributed by atoms with Crippen molar-refractivity contribution >= 4 is 28.4 Å². The summed E-state index contributed by atoms with van der Waals surface area (Å²) in [5.41, 5.74) is 1.05. The fourth-order valence-corrected chi connectivity index (χ4v) is 1.29. The smallest absolute Gasteiger partial charge is 0.139 e. The molecule has 0 spiro atoms. The Balaban J connectivity index is 3.09. The minimum Gasteiger partial charge on any atom is -0.372 e. The summed E-state index contributed by atoms with van der Waals surface area (Å²) in [6.07, 6.45) is 0. The molecule has 3 heteroatoms. The van der Waals surface area contributed by atoms with Crippen molar-refractivity contribution in [2.45, 2.75) is 6.92 Å². The molecule has 0 aromatic carbocycles. The summed E-state index contributed by atoms with van der Waals surface area (Å²) >= 11 is 2.25. The molecular formula is C7H9IN2. The van der Waals surface area contributed by atoms with Gasteiger partial charge in [0.2, 0.25) is 0 Å². The van der Waals surface area contributed by atoms with Gasteiger partial charge in [-0.05, 0) is 41.6 Å². The first-order valence-corrected chi connectivity index (χ1v) is 4.13. The highest BCUT2D eigenvalue weighted by molar-refractivity contribution is 14.1. The summed E-state index contributed by atoms with van der Waals surface area (Å²) in [6.45, 7) is 1.98. The zero-order valence-electron chi connectivity index (χ0n) is 5.98. The van der Waals surface area contributed by atoms with E-state index in [4.69, 9.17) is 0 Å². The van der Waals surface area contributed by atoms with Crippen molar-refractivity contribution in [2.75, 3.05) is 12.4 Å². The normalized spacial score (nSPS) is 9.50. The SMILES string of the molecule is CNc1nc(C)ccc1I. The topological polar surface area (TPSA) is 24.9 Å². The van der Waals surface area contributed by atoms with Crippen molar-refractivity contribution in [3.8, 4) is 0 Å². The number of hydrogen-bond acceptors (Lipinski definition) is 2. The second kappa shape index (κ2) is 3.18. The molecule has 0 atom stereocenters. The third kappa shape index (κ3) is 1.59. The van der Waals surface area contributed by atoms with E-state index in [0.29, 0.717) is 0 Å². The van der Waals surface area contributed by atoms with E-state index in [1.165, 1.54) is 0 Å². The van der Waals surface area contributed by atoms with E-state index in [0.717, 1.165) is 15.1 Å². The minimum absolute atomic E-state index is 0.959. The fraction of sp³-hybridized carbons (Fsp3) is 0.286. The van der Waals surface area contributed by atoms with Crippen LogP contribution in [0, 0.1) is 10.5 Å². The zero-order valence-corrected chi connectivity index (χ0v) is 8.14. The third-order valence-corrected chi connectivity index (χ3v) is 2.09. The van der Waals surface area contributed by atoms with Gasteiger partial charge in [-0.15, -0.1) is 0 Å². The van der Waals surface area contributed by atoms with Crippen molar-refractivity contribution in [3.05, 3.63) is 21.4 Å². The number of pyridine rings is 1. The van der Waals surface area contributed by atoms with Crippen LogP contribution in [0.1, 0.15) is 5.69 Å². The highest BCUT2D eigenvalue weighted by atomic mass is 127. The lowest BCUT2D eigenvalue weighted by Gasteiger charge is -2.01. The van der Waals surface area contributed by atoms with Crippen LogP contribution in [-0.4, -0.2) is 12.0 Å². The van der Waals surface area contributed by atoms with E-state index in [-0.39, 0.29) is 0 Å². The first kappa shape index (κ1) is 7.78. The average Bonchev–Trinajstić information content (AvgIpc) is 1.94. The lowest BCUT2D eigenvalue weighted by Crippen LogP contribution is -1.95. The lowest BCUT2D eigenvalue weighted by molar-refractivity contribution is 1.18.